The molecule has 0 aliphatic carbocycles. The summed E-state index contributed by atoms with van der Waals surface area (Å²) in [5.41, 5.74) is 1.81. The fourth-order valence-electron chi connectivity index (χ4n) is 1.13. The van der Waals surface area contributed by atoms with Gasteiger partial charge in [0.1, 0.15) is 6.29 Å². The highest BCUT2D eigenvalue weighted by Crippen LogP contribution is 2.07. The van der Waals surface area contributed by atoms with Gasteiger partial charge in [0.15, 0.2) is 0 Å². The number of rotatable bonds is 4. The zero-order valence-electron chi connectivity index (χ0n) is 7.44. The molecule has 66 valence electrons. The van der Waals surface area contributed by atoms with Crippen LogP contribution in [-0.4, -0.2) is 6.29 Å². The quantitative estimate of drug-likeness (QED) is 0.504. The van der Waals surface area contributed by atoms with Gasteiger partial charge in [-0.2, -0.15) is 0 Å². The van der Waals surface area contributed by atoms with Gasteiger partial charge in [-0.1, -0.05) is 49.1 Å². The minimum atomic E-state index is 0.760. The highest BCUT2D eigenvalue weighted by atomic mass is 16.1. The Morgan fingerprint density at radius 2 is 2.08 bits per heavy atom. The van der Waals surface area contributed by atoms with Crippen LogP contribution in [0.3, 0.4) is 0 Å². The van der Waals surface area contributed by atoms with Crippen molar-refractivity contribution < 1.29 is 4.79 Å². The lowest BCUT2D eigenvalue weighted by atomic mass is 10.1. The second-order valence-corrected chi connectivity index (χ2v) is 2.68. The zero-order chi connectivity index (χ0) is 9.52. The van der Waals surface area contributed by atoms with E-state index in [1.54, 1.807) is 6.08 Å². The van der Waals surface area contributed by atoms with Gasteiger partial charge in [-0.05, 0) is 12.0 Å². The Balaban J connectivity index is 2.80. The number of carbonyl (C=O) groups is 1. The van der Waals surface area contributed by atoms with Gasteiger partial charge in [-0.25, -0.2) is 0 Å². The first-order chi connectivity index (χ1) is 6.38. The van der Waals surface area contributed by atoms with Gasteiger partial charge in [-0.15, -0.1) is 0 Å². The second kappa shape index (κ2) is 5.09. The van der Waals surface area contributed by atoms with E-state index in [1.165, 1.54) is 0 Å². The molecule has 0 radical (unpaired) electrons. The van der Waals surface area contributed by atoms with Crippen LogP contribution in [0.1, 0.15) is 15.9 Å². The van der Waals surface area contributed by atoms with Crippen LogP contribution in [0.5, 0.6) is 0 Å². The summed E-state index contributed by atoms with van der Waals surface area (Å²) in [6.07, 6.45) is 7.25. The molecule has 0 atom stereocenters. The number of hydrogen-bond acceptors (Lipinski definition) is 1. The number of benzene rings is 1. The van der Waals surface area contributed by atoms with Crippen LogP contribution >= 0.6 is 0 Å². The van der Waals surface area contributed by atoms with E-state index >= 15 is 0 Å². The largest absolute Gasteiger partial charge is 0.298 e. The Hall–Kier alpha value is -1.63. The third-order valence-corrected chi connectivity index (χ3v) is 1.79. The van der Waals surface area contributed by atoms with Crippen LogP contribution in [0.2, 0.25) is 0 Å². The van der Waals surface area contributed by atoms with Crippen molar-refractivity contribution in [2.45, 2.75) is 6.42 Å². The molecular weight excluding hydrogens is 160 g/mol. The number of allylic oxidation sites excluding steroid dienone is 3. The van der Waals surface area contributed by atoms with Crippen molar-refractivity contribution in [2.75, 3.05) is 0 Å². The Morgan fingerprint density at radius 1 is 1.31 bits per heavy atom. The molecule has 1 aromatic carbocycles. The fraction of sp³-hybridized carbons (Fsp3) is 0.0833. The average Bonchev–Trinajstić information content (AvgIpc) is 2.19. The number of hydrogen-bond donors (Lipinski definition) is 0. The van der Waals surface area contributed by atoms with Gasteiger partial charge < -0.3 is 0 Å². The summed E-state index contributed by atoms with van der Waals surface area (Å²) in [4.78, 5) is 10.6. The molecular formula is C12H12O. The summed E-state index contributed by atoms with van der Waals surface area (Å²) < 4.78 is 0. The van der Waals surface area contributed by atoms with Gasteiger partial charge in [0, 0.05) is 5.56 Å². The van der Waals surface area contributed by atoms with E-state index in [0.717, 1.165) is 23.8 Å². The van der Waals surface area contributed by atoms with Gasteiger partial charge >= 0.3 is 0 Å². The molecule has 0 aromatic heterocycles. The molecule has 0 saturated carbocycles. The van der Waals surface area contributed by atoms with E-state index in [-0.39, 0.29) is 0 Å². The molecule has 0 amide bonds. The highest BCUT2D eigenvalue weighted by Gasteiger charge is 1.96. The molecule has 1 aromatic rings. The first-order valence-corrected chi connectivity index (χ1v) is 4.19. The molecule has 0 N–H and O–H groups in total. The first kappa shape index (κ1) is 9.46. The number of carbonyl (C=O) groups excluding carboxylic acids is 1. The lowest BCUT2D eigenvalue weighted by molar-refractivity contribution is 0.112. The standard InChI is InChI=1S/C12H12O/c1-2-3-4-7-11-8-5-6-9-12(11)10-13/h2-6,8-10H,1,7H2/b4-3-. The highest BCUT2D eigenvalue weighted by molar-refractivity contribution is 5.77. The van der Waals surface area contributed by atoms with Gasteiger partial charge in [-0.3, -0.25) is 4.79 Å². The Morgan fingerprint density at radius 3 is 2.77 bits per heavy atom. The molecule has 0 bridgehead atoms. The van der Waals surface area contributed by atoms with Crippen LogP contribution in [0, 0.1) is 0 Å². The van der Waals surface area contributed by atoms with Crippen molar-refractivity contribution in [1.82, 2.24) is 0 Å². The summed E-state index contributed by atoms with van der Waals surface area (Å²) in [6.45, 7) is 3.58. The normalized spacial score (nSPS) is 10.2. The third kappa shape index (κ3) is 2.71. The molecule has 13 heavy (non-hydrogen) atoms. The first-order valence-electron chi connectivity index (χ1n) is 4.19. The molecule has 0 spiro atoms. The van der Waals surface area contributed by atoms with E-state index in [4.69, 9.17) is 0 Å². The van der Waals surface area contributed by atoms with E-state index in [2.05, 4.69) is 6.58 Å². The van der Waals surface area contributed by atoms with E-state index < -0.39 is 0 Å². The summed E-state index contributed by atoms with van der Waals surface area (Å²) >= 11 is 0. The van der Waals surface area contributed by atoms with E-state index in [0.29, 0.717) is 0 Å². The summed E-state index contributed by atoms with van der Waals surface area (Å²) in [5, 5.41) is 0. The summed E-state index contributed by atoms with van der Waals surface area (Å²) in [5.74, 6) is 0. The lowest BCUT2D eigenvalue weighted by Crippen LogP contribution is -1.89. The van der Waals surface area contributed by atoms with Crippen LogP contribution in [0.15, 0.2) is 49.1 Å². The molecule has 0 aliphatic rings. The fourth-order valence-corrected chi connectivity index (χ4v) is 1.13. The molecule has 0 aliphatic heterocycles. The molecule has 0 heterocycles. The number of aldehydes is 1. The maximum absolute atomic E-state index is 10.6. The third-order valence-electron chi connectivity index (χ3n) is 1.79. The minimum Gasteiger partial charge on any atom is -0.298 e. The van der Waals surface area contributed by atoms with Gasteiger partial charge in [0.25, 0.3) is 0 Å². The predicted octanol–water partition coefficient (Wildman–Crippen LogP) is 2.78. The van der Waals surface area contributed by atoms with Crippen molar-refractivity contribution in [3.05, 3.63) is 60.2 Å². The molecule has 1 rings (SSSR count). The Kier molecular flexibility index (Phi) is 3.71. The Bertz CT molecular complexity index is 324. The second-order valence-electron chi connectivity index (χ2n) is 2.68. The zero-order valence-corrected chi connectivity index (χ0v) is 7.44. The van der Waals surface area contributed by atoms with Crippen LogP contribution in [0.4, 0.5) is 0 Å². The molecule has 0 fully saturated rings. The monoisotopic (exact) mass is 172 g/mol. The van der Waals surface area contributed by atoms with E-state index in [1.807, 2.05) is 36.4 Å². The SMILES string of the molecule is C=C/C=C\Cc1ccccc1C=O. The molecule has 1 heteroatoms. The smallest absolute Gasteiger partial charge is 0.150 e. The summed E-state index contributed by atoms with van der Waals surface area (Å²) in [7, 11) is 0. The minimum absolute atomic E-state index is 0.760. The maximum Gasteiger partial charge on any atom is 0.150 e. The van der Waals surface area contributed by atoms with Crippen molar-refractivity contribution in [1.29, 1.82) is 0 Å². The predicted molar refractivity (Wildman–Crippen MR) is 54.9 cm³/mol. The average molecular weight is 172 g/mol. The van der Waals surface area contributed by atoms with Crippen LogP contribution in [0.25, 0.3) is 0 Å². The topological polar surface area (TPSA) is 17.1 Å². The van der Waals surface area contributed by atoms with Gasteiger partial charge in [0.2, 0.25) is 0 Å². The van der Waals surface area contributed by atoms with E-state index in [9.17, 15) is 4.79 Å². The van der Waals surface area contributed by atoms with Crippen LogP contribution in [-0.2, 0) is 6.42 Å². The molecule has 0 saturated heterocycles. The van der Waals surface area contributed by atoms with Crippen LogP contribution < -0.4 is 0 Å². The van der Waals surface area contributed by atoms with Crippen molar-refractivity contribution in [2.24, 2.45) is 0 Å². The van der Waals surface area contributed by atoms with Gasteiger partial charge in [0.05, 0.1) is 0 Å². The summed E-state index contributed by atoms with van der Waals surface area (Å²) in [6, 6.07) is 7.58. The van der Waals surface area contributed by atoms with Crippen molar-refractivity contribution in [3.63, 3.8) is 0 Å². The lowest BCUT2D eigenvalue weighted by Gasteiger charge is -1.98. The molecule has 0 unspecified atom stereocenters. The molecule has 1 nitrogen and oxygen atoms in total. The maximum atomic E-state index is 10.6. The Labute approximate surface area is 78.4 Å². The van der Waals surface area contributed by atoms with Crippen molar-refractivity contribution in [3.8, 4) is 0 Å². The van der Waals surface area contributed by atoms with Crippen molar-refractivity contribution >= 4 is 6.29 Å².